The topological polar surface area (TPSA) is 66.8 Å². The maximum atomic E-state index is 11.0. The predicted octanol–water partition coefficient (Wildman–Crippen LogP) is 3.22. The smallest absolute Gasteiger partial charge is 0.306 e. The number of hydrogen-bond donors (Lipinski definition) is 2. The lowest BCUT2D eigenvalue weighted by molar-refractivity contribution is -0.147. The van der Waals surface area contributed by atoms with Gasteiger partial charge < -0.3 is 14.9 Å². The molecule has 2 rings (SSSR count). The van der Waals surface area contributed by atoms with Gasteiger partial charge in [0, 0.05) is 12.0 Å². The molecule has 4 nitrogen and oxygen atoms in total. The van der Waals surface area contributed by atoms with Crippen molar-refractivity contribution in [2.75, 3.05) is 0 Å². The maximum absolute atomic E-state index is 11.0. The molecule has 1 atom stereocenters. The Morgan fingerprint density at radius 2 is 2.05 bits per heavy atom. The minimum atomic E-state index is -1.59. The van der Waals surface area contributed by atoms with Crippen LogP contribution in [0.25, 0.3) is 0 Å². The van der Waals surface area contributed by atoms with E-state index in [1.54, 1.807) is 26.0 Å². The Hall–Kier alpha value is -0.970. The number of halogens is 2. The molecule has 1 aliphatic heterocycles. The summed E-state index contributed by atoms with van der Waals surface area (Å²) in [6.07, 6.45) is -0.327. The Morgan fingerprint density at radius 1 is 1.42 bits per heavy atom. The monoisotopic (exact) mass is 304 g/mol. The minimum Gasteiger partial charge on any atom is -0.487 e. The lowest BCUT2D eigenvalue weighted by Gasteiger charge is -2.42. The van der Waals surface area contributed by atoms with E-state index in [0.29, 0.717) is 5.75 Å². The highest BCUT2D eigenvalue weighted by Gasteiger charge is 2.47. The fourth-order valence-electron chi connectivity index (χ4n) is 2.58. The summed E-state index contributed by atoms with van der Waals surface area (Å²) in [5.41, 5.74) is -2.03. The Balaban J connectivity index is 2.64. The molecule has 0 saturated heterocycles. The highest BCUT2D eigenvalue weighted by molar-refractivity contribution is 6.42. The molecule has 6 heteroatoms. The lowest BCUT2D eigenvalue weighted by Crippen LogP contribution is -2.45. The van der Waals surface area contributed by atoms with Crippen molar-refractivity contribution in [2.45, 2.75) is 37.9 Å². The van der Waals surface area contributed by atoms with E-state index in [4.69, 9.17) is 33.0 Å². The number of carboxylic acid groups (broad SMARTS) is 1. The van der Waals surface area contributed by atoms with Gasteiger partial charge in [0.1, 0.15) is 17.0 Å². The Kier molecular flexibility index (Phi) is 3.45. The largest absolute Gasteiger partial charge is 0.487 e. The van der Waals surface area contributed by atoms with Gasteiger partial charge in [-0.3, -0.25) is 4.79 Å². The highest BCUT2D eigenvalue weighted by atomic mass is 35.5. The third-order valence-electron chi connectivity index (χ3n) is 3.07. The molecule has 1 unspecified atom stereocenters. The third kappa shape index (κ3) is 2.66. The van der Waals surface area contributed by atoms with Crippen LogP contribution in [0.2, 0.25) is 10.0 Å². The van der Waals surface area contributed by atoms with Crippen LogP contribution in [0.15, 0.2) is 12.1 Å². The molecule has 0 bridgehead atoms. The van der Waals surface area contributed by atoms with Gasteiger partial charge in [-0.1, -0.05) is 23.2 Å². The van der Waals surface area contributed by atoms with Crippen molar-refractivity contribution < 1.29 is 19.7 Å². The first-order valence-corrected chi connectivity index (χ1v) is 6.52. The van der Waals surface area contributed by atoms with Crippen LogP contribution in [-0.4, -0.2) is 21.8 Å². The van der Waals surface area contributed by atoms with Gasteiger partial charge in [0.15, 0.2) is 0 Å². The van der Waals surface area contributed by atoms with Crippen LogP contribution < -0.4 is 4.74 Å². The molecule has 0 amide bonds. The number of ether oxygens (including phenoxy) is 1. The summed E-state index contributed by atoms with van der Waals surface area (Å²) < 4.78 is 5.74. The van der Waals surface area contributed by atoms with Gasteiger partial charge in [0.05, 0.1) is 16.5 Å². The molecular formula is C13H14Cl2O4. The molecule has 0 radical (unpaired) electrons. The number of rotatable bonds is 2. The van der Waals surface area contributed by atoms with Crippen molar-refractivity contribution in [1.29, 1.82) is 0 Å². The Morgan fingerprint density at radius 3 is 2.63 bits per heavy atom. The number of benzene rings is 1. The normalized spacial score (nSPS) is 24.5. The van der Waals surface area contributed by atoms with E-state index >= 15 is 0 Å². The number of hydrogen-bond acceptors (Lipinski definition) is 3. The fourth-order valence-corrected chi connectivity index (χ4v) is 3.07. The molecular weight excluding hydrogens is 291 g/mol. The molecule has 104 valence electrons. The van der Waals surface area contributed by atoms with Gasteiger partial charge in [-0.2, -0.15) is 0 Å². The Labute approximate surface area is 120 Å². The molecule has 1 heterocycles. The van der Waals surface area contributed by atoms with Crippen LogP contribution in [0.1, 0.15) is 32.3 Å². The average molecular weight is 305 g/mol. The van der Waals surface area contributed by atoms with Crippen molar-refractivity contribution in [1.82, 2.24) is 0 Å². The SMILES string of the molecule is CC1(C)CC(O)(CC(=O)O)c2c(ccc(Cl)c2Cl)O1. The second-order valence-corrected chi connectivity index (χ2v) is 6.16. The first-order chi connectivity index (χ1) is 8.65. The van der Waals surface area contributed by atoms with Gasteiger partial charge in [-0.05, 0) is 26.0 Å². The zero-order chi connectivity index (χ0) is 14.4. The fraction of sp³-hybridized carbons (Fsp3) is 0.462. The summed E-state index contributed by atoms with van der Waals surface area (Å²) in [5, 5.41) is 20.1. The van der Waals surface area contributed by atoms with Gasteiger partial charge in [-0.25, -0.2) is 0 Å². The zero-order valence-corrected chi connectivity index (χ0v) is 12.0. The molecule has 0 saturated carbocycles. The summed E-state index contributed by atoms with van der Waals surface area (Å²) in [6, 6.07) is 3.16. The van der Waals surface area contributed by atoms with Crippen LogP contribution in [0.4, 0.5) is 0 Å². The second kappa shape index (κ2) is 4.54. The van der Waals surface area contributed by atoms with E-state index < -0.39 is 23.6 Å². The number of carbonyl (C=O) groups is 1. The Bertz CT molecular complexity index is 542. The van der Waals surface area contributed by atoms with Crippen molar-refractivity contribution >= 4 is 29.2 Å². The quantitative estimate of drug-likeness (QED) is 0.880. The van der Waals surface area contributed by atoms with Crippen molar-refractivity contribution in [3.63, 3.8) is 0 Å². The first kappa shape index (κ1) is 14.4. The summed E-state index contributed by atoms with van der Waals surface area (Å²) in [6.45, 7) is 3.57. The molecule has 1 aliphatic rings. The van der Waals surface area contributed by atoms with Crippen LogP contribution in [0.3, 0.4) is 0 Å². The molecule has 2 N–H and O–H groups in total. The third-order valence-corrected chi connectivity index (χ3v) is 3.87. The van der Waals surface area contributed by atoms with E-state index in [9.17, 15) is 9.90 Å². The summed E-state index contributed by atoms with van der Waals surface area (Å²) in [7, 11) is 0. The predicted molar refractivity (Wildman–Crippen MR) is 71.9 cm³/mol. The van der Waals surface area contributed by atoms with E-state index in [0.717, 1.165) is 0 Å². The van der Waals surface area contributed by atoms with E-state index in [2.05, 4.69) is 0 Å². The highest BCUT2D eigenvalue weighted by Crippen LogP contribution is 2.50. The van der Waals surface area contributed by atoms with Gasteiger partial charge >= 0.3 is 5.97 Å². The summed E-state index contributed by atoms with van der Waals surface area (Å²) in [5.74, 6) is -0.739. The van der Waals surface area contributed by atoms with E-state index in [1.807, 2.05) is 0 Å². The molecule has 0 aliphatic carbocycles. The molecule has 0 fully saturated rings. The number of aliphatic hydroxyl groups is 1. The zero-order valence-electron chi connectivity index (χ0n) is 10.5. The molecule has 1 aromatic rings. The lowest BCUT2D eigenvalue weighted by atomic mass is 9.78. The van der Waals surface area contributed by atoms with Crippen LogP contribution in [0, 0.1) is 0 Å². The van der Waals surface area contributed by atoms with E-state index in [-0.39, 0.29) is 22.0 Å². The van der Waals surface area contributed by atoms with Crippen molar-refractivity contribution in [2.24, 2.45) is 0 Å². The van der Waals surface area contributed by atoms with Gasteiger partial charge in [-0.15, -0.1) is 0 Å². The molecule has 0 aromatic heterocycles. The van der Waals surface area contributed by atoms with Crippen molar-refractivity contribution in [3.05, 3.63) is 27.7 Å². The van der Waals surface area contributed by atoms with Gasteiger partial charge in [0.2, 0.25) is 0 Å². The average Bonchev–Trinajstić information content (AvgIpc) is 2.19. The van der Waals surface area contributed by atoms with Crippen LogP contribution >= 0.6 is 23.2 Å². The maximum Gasteiger partial charge on any atom is 0.306 e. The van der Waals surface area contributed by atoms with E-state index in [1.165, 1.54) is 0 Å². The molecule has 0 spiro atoms. The van der Waals surface area contributed by atoms with Gasteiger partial charge in [0.25, 0.3) is 0 Å². The summed E-state index contributed by atoms with van der Waals surface area (Å²) >= 11 is 12.0. The summed E-state index contributed by atoms with van der Waals surface area (Å²) in [4.78, 5) is 11.0. The number of fused-ring (bicyclic) bond motifs is 1. The van der Waals surface area contributed by atoms with Crippen LogP contribution in [-0.2, 0) is 10.4 Å². The van der Waals surface area contributed by atoms with Crippen molar-refractivity contribution in [3.8, 4) is 5.75 Å². The van der Waals surface area contributed by atoms with Crippen LogP contribution in [0.5, 0.6) is 5.75 Å². The first-order valence-electron chi connectivity index (χ1n) is 5.76. The second-order valence-electron chi connectivity index (χ2n) is 5.38. The molecule has 19 heavy (non-hydrogen) atoms. The number of carboxylic acids is 1. The molecule has 1 aromatic carbocycles. The number of aliphatic carboxylic acids is 1. The minimum absolute atomic E-state index is 0.124. The standard InChI is InChI=1S/C13H14Cl2O4/c1-12(2)6-13(18,5-9(16)17)10-8(19-12)4-3-7(14)11(10)15/h3-4,18H,5-6H2,1-2H3,(H,16,17).